The van der Waals surface area contributed by atoms with Gasteiger partial charge in [0, 0.05) is 37.3 Å². The molecule has 0 radical (unpaired) electrons. The molecule has 10 nitrogen and oxygen atoms in total. The highest BCUT2D eigenvalue weighted by molar-refractivity contribution is 6.31. The van der Waals surface area contributed by atoms with Gasteiger partial charge in [0.15, 0.2) is 0 Å². The molecule has 2 heterocycles. The number of amides is 1. The number of para-hydroxylation sites is 1. The van der Waals surface area contributed by atoms with E-state index >= 15 is 0 Å². The lowest BCUT2D eigenvalue weighted by Gasteiger charge is -2.34. The largest absolute Gasteiger partial charge is 0.336 e. The second kappa shape index (κ2) is 7.84. The Hall–Kier alpha value is -3.53. The Morgan fingerprint density at radius 2 is 1.79 bits per heavy atom. The van der Waals surface area contributed by atoms with Gasteiger partial charge >= 0.3 is 0 Å². The zero-order chi connectivity index (χ0) is 20.4. The molecule has 148 valence electrons. The first kappa shape index (κ1) is 18.8. The minimum atomic E-state index is -0.594. The molecule has 0 atom stereocenters. The van der Waals surface area contributed by atoms with Crippen molar-refractivity contribution in [2.75, 3.05) is 31.1 Å². The van der Waals surface area contributed by atoms with E-state index in [2.05, 4.69) is 15.5 Å². The summed E-state index contributed by atoms with van der Waals surface area (Å²) in [5, 5.41) is 23.4. The number of nitro groups is 1. The smallest absolute Gasteiger partial charge is 0.283 e. The summed E-state index contributed by atoms with van der Waals surface area (Å²) in [6.07, 6.45) is 0. The summed E-state index contributed by atoms with van der Waals surface area (Å²) in [4.78, 5) is 27.1. The fraction of sp³-hybridized carbons (Fsp3) is 0.222. The van der Waals surface area contributed by atoms with Gasteiger partial charge in [-0.05, 0) is 34.7 Å². The van der Waals surface area contributed by atoms with Crippen LogP contribution < -0.4 is 4.90 Å². The monoisotopic (exact) mass is 413 g/mol. The minimum Gasteiger partial charge on any atom is -0.336 e. The predicted octanol–water partition coefficient (Wildman–Crippen LogP) is 2.19. The average Bonchev–Trinajstić information content (AvgIpc) is 3.24. The van der Waals surface area contributed by atoms with Crippen LogP contribution in [0, 0.1) is 10.1 Å². The van der Waals surface area contributed by atoms with Crippen LogP contribution in [0.5, 0.6) is 0 Å². The number of carbonyl (C=O) groups is 1. The van der Waals surface area contributed by atoms with Crippen molar-refractivity contribution in [1.29, 1.82) is 0 Å². The van der Waals surface area contributed by atoms with Gasteiger partial charge in [0.2, 0.25) is 5.95 Å². The fourth-order valence-corrected chi connectivity index (χ4v) is 3.40. The molecule has 0 aliphatic carbocycles. The maximum atomic E-state index is 12.8. The molecule has 0 bridgehead atoms. The summed E-state index contributed by atoms with van der Waals surface area (Å²) < 4.78 is 1.64. The number of aromatic nitrogens is 4. The molecule has 1 aromatic heterocycles. The molecule has 11 heteroatoms. The molecule has 0 N–H and O–H groups in total. The van der Waals surface area contributed by atoms with E-state index in [9.17, 15) is 14.9 Å². The SMILES string of the molecule is O=C(c1ccc(Cl)cc1[N+](=O)[O-])N1CCN(c2nnnn2-c2ccccc2)CC1. The van der Waals surface area contributed by atoms with Crippen molar-refractivity contribution < 1.29 is 9.72 Å². The Bertz CT molecular complexity index is 1050. The molecule has 1 aliphatic rings. The number of carbonyl (C=O) groups excluding carboxylic acids is 1. The van der Waals surface area contributed by atoms with Crippen LogP contribution in [0.1, 0.15) is 10.4 Å². The van der Waals surface area contributed by atoms with E-state index in [4.69, 9.17) is 11.6 Å². The van der Waals surface area contributed by atoms with Gasteiger partial charge in [-0.25, -0.2) is 0 Å². The summed E-state index contributed by atoms with van der Waals surface area (Å²) in [6, 6.07) is 13.6. The molecule has 1 amide bonds. The van der Waals surface area contributed by atoms with Crippen molar-refractivity contribution in [2.45, 2.75) is 0 Å². The van der Waals surface area contributed by atoms with Crippen LogP contribution in [0.4, 0.5) is 11.6 Å². The van der Waals surface area contributed by atoms with Crippen LogP contribution in [0.15, 0.2) is 48.5 Å². The maximum absolute atomic E-state index is 12.8. The van der Waals surface area contributed by atoms with Crippen LogP contribution in [0.2, 0.25) is 5.02 Å². The van der Waals surface area contributed by atoms with Gasteiger partial charge in [-0.15, -0.1) is 0 Å². The first-order valence-electron chi connectivity index (χ1n) is 8.86. The van der Waals surface area contributed by atoms with Gasteiger partial charge < -0.3 is 9.80 Å². The van der Waals surface area contributed by atoms with Crippen molar-refractivity contribution in [3.63, 3.8) is 0 Å². The van der Waals surface area contributed by atoms with E-state index in [-0.39, 0.29) is 16.3 Å². The standard InChI is InChI=1S/C18H16ClN7O3/c19-13-6-7-15(16(12-13)26(28)29)17(27)23-8-10-24(11-9-23)18-20-21-22-25(18)14-4-2-1-3-5-14/h1-7,12H,8-11H2. The Morgan fingerprint density at radius 1 is 1.07 bits per heavy atom. The van der Waals surface area contributed by atoms with Crippen LogP contribution >= 0.6 is 11.6 Å². The summed E-state index contributed by atoms with van der Waals surface area (Å²) in [7, 11) is 0. The molecule has 2 aromatic carbocycles. The first-order valence-corrected chi connectivity index (χ1v) is 9.24. The Balaban J connectivity index is 1.49. The number of hydrogen-bond donors (Lipinski definition) is 0. The quantitative estimate of drug-likeness (QED) is 0.476. The molecule has 29 heavy (non-hydrogen) atoms. The normalized spacial score (nSPS) is 14.1. The second-order valence-electron chi connectivity index (χ2n) is 6.42. The van der Waals surface area contributed by atoms with Crippen LogP contribution in [0.3, 0.4) is 0 Å². The fourth-order valence-electron chi connectivity index (χ4n) is 3.23. The molecule has 4 rings (SSSR count). The van der Waals surface area contributed by atoms with Crippen molar-refractivity contribution in [1.82, 2.24) is 25.1 Å². The van der Waals surface area contributed by atoms with Crippen molar-refractivity contribution in [3.8, 4) is 5.69 Å². The summed E-state index contributed by atoms with van der Waals surface area (Å²) >= 11 is 5.84. The van der Waals surface area contributed by atoms with E-state index in [0.29, 0.717) is 32.1 Å². The van der Waals surface area contributed by atoms with Gasteiger partial charge in [0.25, 0.3) is 11.6 Å². The number of hydrogen-bond acceptors (Lipinski definition) is 7. The first-order chi connectivity index (χ1) is 14.0. The number of anilines is 1. The molecule has 0 spiro atoms. The van der Waals surface area contributed by atoms with E-state index in [1.807, 2.05) is 35.2 Å². The molecular formula is C18H16ClN7O3. The lowest BCUT2D eigenvalue weighted by atomic mass is 10.1. The maximum Gasteiger partial charge on any atom is 0.283 e. The number of tetrazole rings is 1. The van der Waals surface area contributed by atoms with Crippen LogP contribution in [-0.4, -0.2) is 62.1 Å². The van der Waals surface area contributed by atoms with Gasteiger partial charge in [0.05, 0.1) is 10.6 Å². The highest BCUT2D eigenvalue weighted by Crippen LogP contribution is 2.25. The Morgan fingerprint density at radius 3 is 2.48 bits per heavy atom. The van der Waals surface area contributed by atoms with Gasteiger partial charge in [0.1, 0.15) is 5.56 Å². The minimum absolute atomic E-state index is 0.0296. The molecule has 1 aliphatic heterocycles. The molecule has 0 saturated carbocycles. The predicted molar refractivity (Wildman–Crippen MR) is 105 cm³/mol. The summed E-state index contributed by atoms with van der Waals surface area (Å²) in [5.41, 5.74) is 0.572. The molecule has 3 aromatic rings. The number of halogens is 1. The molecular weight excluding hydrogens is 398 g/mol. The molecule has 1 fully saturated rings. The number of nitrogens with zero attached hydrogens (tertiary/aromatic N) is 7. The van der Waals surface area contributed by atoms with E-state index in [0.717, 1.165) is 5.69 Å². The Kier molecular flexibility index (Phi) is 5.09. The van der Waals surface area contributed by atoms with E-state index in [1.165, 1.54) is 18.2 Å². The Labute approximate surface area is 170 Å². The highest BCUT2D eigenvalue weighted by Gasteiger charge is 2.29. The molecule has 1 saturated heterocycles. The van der Waals surface area contributed by atoms with Gasteiger partial charge in [-0.1, -0.05) is 34.9 Å². The van der Waals surface area contributed by atoms with Crippen molar-refractivity contribution in [3.05, 3.63) is 69.2 Å². The number of piperazine rings is 1. The highest BCUT2D eigenvalue weighted by atomic mass is 35.5. The lowest BCUT2D eigenvalue weighted by molar-refractivity contribution is -0.385. The lowest BCUT2D eigenvalue weighted by Crippen LogP contribution is -2.49. The third-order valence-electron chi connectivity index (χ3n) is 4.69. The summed E-state index contributed by atoms with van der Waals surface area (Å²) in [5.74, 6) is 0.191. The van der Waals surface area contributed by atoms with E-state index in [1.54, 1.807) is 9.58 Å². The molecule has 0 unspecified atom stereocenters. The second-order valence-corrected chi connectivity index (χ2v) is 6.86. The zero-order valence-electron chi connectivity index (χ0n) is 15.2. The van der Waals surface area contributed by atoms with Gasteiger partial charge in [-0.3, -0.25) is 14.9 Å². The summed E-state index contributed by atoms with van der Waals surface area (Å²) in [6.45, 7) is 1.78. The third kappa shape index (κ3) is 3.74. The number of benzene rings is 2. The van der Waals surface area contributed by atoms with Gasteiger partial charge in [-0.2, -0.15) is 4.68 Å². The zero-order valence-corrected chi connectivity index (χ0v) is 15.9. The topological polar surface area (TPSA) is 110 Å². The van der Waals surface area contributed by atoms with Crippen LogP contribution in [0.25, 0.3) is 5.69 Å². The van der Waals surface area contributed by atoms with E-state index < -0.39 is 10.8 Å². The number of nitro benzene ring substituents is 1. The average molecular weight is 414 g/mol. The van der Waals surface area contributed by atoms with Crippen molar-refractivity contribution >= 4 is 29.1 Å². The van der Waals surface area contributed by atoms with Crippen molar-refractivity contribution in [2.24, 2.45) is 0 Å². The third-order valence-corrected chi connectivity index (χ3v) is 4.93. The number of rotatable bonds is 4. The van der Waals surface area contributed by atoms with Crippen LogP contribution in [-0.2, 0) is 0 Å².